The van der Waals surface area contributed by atoms with Crippen molar-refractivity contribution >= 4 is 5.91 Å². The Bertz CT molecular complexity index is 930. The third-order valence-electron chi connectivity index (χ3n) is 4.78. The average molecular weight is 376 g/mol. The molecule has 6 heteroatoms. The number of hydrogen-bond donors (Lipinski definition) is 2. The van der Waals surface area contributed by atoms with Crippen LogP contribution in [0.5, 0.6) is 5.75 Å². The molecule has 2 aromatic carbocycles. The fourth-order valence-corrected chi connectivity index (χ4v) is 3.31. The molecule has 3 N–H and O–H groups in total. The molecule has 3 rings (SSSR count). The summed E-state index contributed by atoms with van der Waals surface area (Å²) in [6.45, 7) is 2.42. The normalized spacial score (nSPS) is 14.4. The van der Waals surface area contributed by atoms with Crippen molar-refractivity contribution in [2.45, 2.75) is 19.5 Å². The lowest BCUT2D eigenvalue weighted by Gasteiger charge is -2.28. The molecule has 6 nitrogen and oxygen atoms in total. The summed E-state index contributed by atoms with van der Waals surface area (Å²) in [5.74, 6) is 0.644. The first-order valence-electron chi connectivity index (χ1n) is 9.19. The van der Waals surface area contributed by atoms with E-state index in [0.717, 1.165) is 23.4 Å². The van der Waals surface area contributed by atoms with Crippen LogP contribution in [0.2, 0.25) is 0 Å². The lowest BCUT2D eigenvalue weighted by molar-refractivity contribution is -0.118. The van der Waals surface area contributed by atoms with E-state index >= 15 is 0 Å². The Morgan fingerprint density at radius 3 is 2.79 bits per heavy atom. The molecule has 0 aromatic heterocycles. The van der Waals surface area contributed by atoms with Gasteiger partial charge in [-0.2, -0.15) is 5.26 Å². The molecule has 1 amide bonds. The Labute approximate surface area is 165 Å². The van der Waals surface area contributed by atoms with E-state index in [1.165, 1.54) is 0 Å². The first kappa shape index (κ1) is 19.5. The van der Waals surface area contributed by atoms with Crippen LogP contribution in [0, 0.1) is 11.3 Å². The highest BCUT2D eigenvalue weighted by Crippen LogP contribution is 2.18. The maximum Gasteiger partial charge on any atom is 0.249 e. The number of nitrogens with one attached hydrogen (secondary N) is 1. The molecule has 28 heavy (non-hydrogen) atoms. The molecule has 1 heterocycles. The number of amides is 1. The highest BCUT2D eigenvalue weighted by Gasteiger charge is 2.22. The van der Waals surface area contributed by atoms with Crippen molar-refractivity contribution in [1.29, 1.82) is 5.26 Å². The Morgan fingerprint density at radius 2 is 2.04 bits per heavy atom. The number of methoxy groups -OCH3 is 1. The van der Waals surface area contributed by atoms with Crippen LogP contribution in [0.25, 0.3) is 0 Å². The number of hydrogen-bond acceptors (Lipinski definition) is 5. The van der Waals surface area contributed by atoms with Crippen LogP contribution in [0.3, 0.4) is 0 Å². The lowest BCUT2D eigenvalue weighted by Crippen LogP contribution is -2.38. The van der Waals surface area contributed by atoms with Gasteiger partial charge in [-0.3, -0.25) is 9.69 Å². The van der Waals surface area contributed by atoms with Gasteiger partial charge in [0.25, 0.3) is 0 Å². The number of rotatable bonds is 6. The van der Waals surface area contributed by atoms with Gasteiger partial charge in [0.1, 0.15) is 5.75 Å². The molecule has 144 valence electrons. The van der Waals surface area contributed by atoms with E-state index in [-0.39, 0.29) is 5.91 Å². The van der Waals surface area contributed by atoms with Crippen LogP contribution in [0.4, 0.5) is 0 Å². The third-order valence-corrected chi connectivity index (χ3v) is 4.78. The van der Waals surface area contributed by atoms with Crippen molar-refractivity contribution in [2.75, 3.05) is 20.2 Å². The second-order valence-electron chi connectivity index (χ2n) is 6.81. The summed E-state index contributed by atoms with van der Waals surface area (Å²) >= 11 is 0. The van der Waals surface area contributed by atoms with Gasteiger partial charge >= 0.3 is 0 Å². The van der Waals surface area contributed by atoms with Gasteiger partial charge in [-0.15, -0.1) is 0 Å². The molecule has 0 fully saturated rings. The van der Waals surface area contributed by atoms with Crippen molar-refractivity contribution in [3.05, 3.63) is 76.5 Å². The minimum Gasteiger partial charge on any atom is -0.497 e. The minimum absolute atomic E-state index is 0.119. The fourth-order valence-electron chi connectivity index (χ4n) is 3.31. The topological polar surface area (TPSA) is 91.4 Å². The minimum atomic E-state index is -0.119. The van der Waals surface area contributed by atoms with Gasteiger partial charge in [0.2, 0.25) is 5.91 Å². The van der Waals surface area contributed by atoms with E-state index in [1.54, 1.807) is 13.2 Å². The highest BCUT2D eigenvalue weighted by atomic mass is 16.5. The molecular weight excluding hydrogens is 352 g/mol. The first-order chi connectivity index (χ1) is 13.6. The van der Waals surface area contributed by atoms with Crippen molar-refractivity contribution < 1.29 is 9.53 Å². The second-order valence-corrected chi connectivity index (χ2v) is 6.81. The van der Waals surface area contributed by atoms with Crippen molar-refractivity contribution in [3.63, 3.8) is 0 Å². The van der Waals surface area contributed by atoms with Gasteiger partial charge in [-0.25, -0.2) is 0 Å². The van der Waals surface area contributed by atoms with Gasteiger partial charge in [0.05, 0.1) is 18.7 Å². The quantitative estimate of drug-likeness (QED) is 0.807. The van der Waals surface area contributed by atoms with Crippen LogP contribution < -0.4 is 15.8 Å². The Kier molecular flexibility index (Phi) is 6.30. The van der Waals surface area contributed by atoms with Crippen LogP contribution in [0.15, 0.2) is 59.8 Å². The summed E-state index contributed by atoms with van der Waals surface area (Å²) in [5, 5.41) is 12.0. The SMILES string of the molecule is COc1cccc(CNC(=O)C2=C(N)CN(Cc3cccc(C#N)c3)CC2)c1. The zero-order valence-corrected chi connectivity index (χ0v) is 15.9. The molecule has 1 aliphatic heterocycles. The van der Waals surface area contributed by atoms with Crippen molar-refractivity contribution in [1.82, 2.24) is 10.2 Å². The van der Waals surface area contributed by atoms with E-state index < -0.39 is 0 Å². The van der Waals surface area contributed by atoms with Gasteiger partial charge in [-0.05, 0) is 41.8 Å². The zero-order valence-electron chi connectivity index (χ0n) is 15.9. The Hall–Kier alpha value is -3.30. The molecular formula is C22H24N4O2. The van der Waals surface area contributed by atoms with E-state index in [2.05, 4.69) is 16.3 Å². The maximum absolute atomic E-state index is 12.6. The van der Waals surface area contributed by atoms with Crippen molar-refractivity contribution in [3.8, 4) is 11.8 Å². The summed E-state index contributed by atoms with van der Waals surface area (Å²) in [6, 6.07) is 17.3. The number of nitriles is 1. The largest absolute Gasteiger partial charge is 0.497 e. The van der Waals surface area contributed by atoms with Crippen molar-refractivity contribution in [2.24, 2.45) is 5.73 Å². The molecule has 0 saturated heterocycles. The van der Waals surface area contributed by atoms with E-state index in [1.807, 2.05) is 42.5 Å². The monoisotopic (exact) mass is 376 g/mol. The Balaban J connectivity index is 1.58. The smallest absolute Gasteiger partial charge is 0.249 e. The molecule has 0 radical (unpaired) electrons. The van der Waals surface area contributed by atoms with Crippen LogP contribution in [-0.2, 0) is 17.9 Å². The molecule has 0 aliphatic carbocycles. The standard InChI is InChI=1S/C22H24N4O2/c1-28-19-7-3-5-17(11-19)13-25-22(27)20-8-9-26(15-21(20)24)14-18-6-2-4-16(10-18)12-23/h2-7,10-11H,8-9,13-15,24H2,1H3,(H,25,27). The fraction of sp³-hybridized carbons (Fsp3) is 0.273. The lowest BCUT2D eigenvalue weighted by atomic mass is 10.0. The maximum atomic E-state index is 12.6. The summed E-state index contributed by atoms with van der Waals surface area (Å²) in [5.41, 5.74) is 10.1. The number of ether oxygens (including phenoxy) is 1. The highest BCUT2D eigenvalue weighted by molar-refractivity contribution is 5.94. The van der Waals surface area contributed by atoms with Gasteiger partial charge < -0.3 is 15.8 Å². The summed E-state index contributed by atoms with van der Waals surface area (Å²) in [7, 11) is 1.62. The van der Waals surface area contributed by atoms with Gasteiger partial charge in [0.15, 0.2) is 0 Å². The molecule has 0 atom stereocenters. The van der Waals surface area contributed by atoms with E-state index in [0.29, 0.717) is 42.9 Å². The van der Waals surface area contributed by atoms with E-state index in [4.69, 9.17) is 15.7 Å². The summed E-state index contributed by atoms with van der Waals surface area (Å²) in [4.78, 5) is 14.7. The van der Waals surface area contributed by atoms with Gasteiger partial charge in [-0.1, -0.05) is 24.3 Å². The van der Waals surface area contributed by atoms with Crippen LogP contribution in [0.1, 0.15) is 23.1 Å². The number of benzene rings is 2. The molecule has 1 aliphatic rings. The molecule has 0 bridgehead atoms. The third kappa shape index (κ3) is 4.90. The second kappa shape index (κ2) is 9.07. The molecule has 0 unspecified atom stereocenters. The first-order valence-corrected chi connectivity index (χ1v) is 9.19. The predicted molar refractivity (Wildman–Crippen MR) is 107 cm³/mol. The molecule has 2 aromatic rings. The van der Waals surface area contributed by atoms with Gasteiger partial charge in [0, 0.05) is 37.4 Å². The summed E-state index contributed by atoms with van der Waals surface area (Å²) < 4.78 is 5.20. The van der Waals surface area contributed by atoms with E-state index in [9.17, 15) is 4.79 Å². The average Bonchev–Trinajstić information content (AvgIpc) is 2.72. The Morgan fingerprint density at radius 1 is 1.25 bits per heavy atom. The summed E-state index contributed by atoms with van der Waals surface area (Å²) in [6.07, 6.45) is 0.605. The number of carbonyl (C=O) groups excluding carboxylic acids is 1. The molecule has 0 spiro atoms. The zero-order chi connectivity index (χ0) is 19.9. The number of nitrogens with two attached hydrogens (primary N) is 1. The molecule has 0 saturated carbocycles. The van der Waals surface area contributed by atoms with Crippen LogP contribution >= 0.6 is 0 Å². The predicted octanol–water partition coefficient (Wildman–Crippen LogP) is 2.30. The number of nitrogens with zero attached hydrogens (tertiary/aromatic N) is 2. The van der Waals surface area contributed by atoms with Crippen LogP contribution in [-0.4, -0.2) is 31.0 Å². The number of carbonyl (C=O) groups is 1.